The van der Waals surface area contributed by atoms with Crippen molar-refractivity contribution in [2.75, 3.05) is 13.2 Å². The quantitative estimate of drug-likeness (QED) is 0.759. The topological polar surface area (TPSA) is 65.5 Å². The summed E-state index contributed by atoms with van der Waals surface area (Å²) >= 11 is 0. The Labute approximate surface area is 100 Å². The molecule has 2 rings (SSSR count). The lowest BCUT2D eigenvalue weighted by atomic mass is 10.1. The number of amides is 1. The maximum atomic E-state index is 12.0. The summed E-state index contributed by atoms with van der Waals surface area (Å²) in [4.78, 5) is 18.0. The molecule has 2 unspecified atom stereocenters. The normalized spacial score (nSPS) is 25.1. The largest absolute Gasteiger partial charge is 0.394 e. The molecule has 0 bridgehead atoms. The maximum Gasteiger partial charge on any atom is 0.242 e. The van der Waals surface area contributed by atoms with Gasteiger partial charge in [0.05, 0.1) is 18.8 Å². The summed E-state index contributed by atoms with van der Waals surface area (Å²) in [6.07, 6.45) is 1.72. The second-order valence-electron chi connectivity index (χ2n) is 4.28. The van der Waals surface area contributed by atoms with Gasteiger partial charge in [-0.15, -0.1) is 0 Å². The van der Waals surface area contributed by atoms with Crippen LogP contribution in [0.5, 0.6) is 0 Å². The van der Waals surface area contributed by atoms with Crippen LogP contribution in [0.1, 0.15) is 12.6 Å². The molecule has 1 aromatic rings. The van der Waals surface area contributed by atoms with Gasteiger partial charge in [-0.1, -0.05) is 6.07 Å². The molecule has 1 aliphatic rings. The van der Waals surface area contributed by atoms with Crippen molar-refractivity contribution in [3.05, 3.63) is 30.1 Å². The van der Waals surface area contributed by atoms with Gasteiger partial charge in [0, 0.05) is 18.8 Å². The zero-order valence-corrected chi connectivity index (χ0v) is 9.84. The van der Waals surface area contributed by atoms with E-state index in [4.69, 9.17) is 5.11 Å². The van der Waals surface area contributed by atoms with Crippen LogP contribution in [0.3, 0.4) is 0 Å². The van der Waals surface area contributed by atoms with Gasteiger partial charge in [-0.3, -0.25) is 9.78 Å². The van der Waals surface area contributed by atoms with Crippen molar-refractivity contribution in [2.45, 2.75) is 25.6 Å². The second-order valence-corrected chi connectivity index (χ2v) is 4.28. The Bertz CT molecular complexity index is 383. The number of aliphatic hydroxyl groups excluding tert-OH is 1. The number of carbonyl (C=O) groups is 1. The molecule has 1 saturated heterocycles. The van der Waals surface area contributed by atoms with Gasteiger partial charge in [-0.05, 0) is 19.1 Å². The molecule has 0 radical (unpaired) electrons. The summed E-state index contributed by atoms with van der Waals surface area (Å²) in [5.41, 5.74) is 0.867. The van der Waals surface area contributed by atoms with Gasteiger partial charge in [-0.25, -0.2) is 0 Å². The zero-order valence-electron chi connectivity index (χ0n) is 9.84. The van der Waals surface area contributed by atoms with Gasteiger partial charge in [-0.2, -0.15) is 0 Å². The number of hydrogen-bond acceptors (Lipinski definition) is 4. The molecular formula is C12H17N3O2. The van der Waals surface area contributed by atoms with Crippen molar-refractivity contribution in [2.24, 2.45) is 0 Å². The SMILES string of the molecule is CC1CNC(CO)C(=O)N1Cc1ccccn1. The molecule has 17 heavy (non-hydrogen) atoms. The predicted molar refractivity (Wildman–Crippen MR) is 63.1 cm³/mol. The van der Waals surface area contributed by atoms with Crippen LogP contribution in [0.15, 0.2) is 24.4 Å². The predicted octanol–water partition coefficient (Wildman–Crippen LogP) is -0.237. The van der Waals surface area contributed by atoms with E-state index in [0.29, 0.717) is 13.1 Å². The van der Waals surface area contributed by atoms with E-state index in [9.17, 15) is 4.79 Å². The van der Waals surface area contributed by atoms with E-state index in [1.807, 2.05) is 25.1 Å². The third-order valence-corrected chi connectivity index (χ3v) is 3.01. The molecule has 0 saturated carbocycles. The molecule has 2 heterocycles. The standard InChI is InChI=1S/C12H17N3O2/c1-9-6-14-11(8-16)12(17)15(9)7-10-4-2-3-5-13-10/h2-5,9,11,14,16H,6-8H2,1H3. The first-order valence-electron chi connectivity index (χ1n) is 5.77. The Balaban J connectivity index is 2.10. The van der Waals surface area contributed by atoms with Crippen LogP contribution in [0, 0.1) is 0 Å². The number of aliphatic hydroxyl groups is 1. The highest BCUT2D eigenvalue weighted by atomic mass is 16.3. The number of piperazine rings is 1. The van der Waals surface area contributed by atoms with E-state index in [-0.39, 0.29) is 18.6 Å². The van der Waals surface area contributed by atoms with E-state index in [1.54, 1.807) is 11.1 Å². The number of rotatable bonds is 3. The van der Waals surface area contributed by atoms with Crippen LogP contribution in [-0.2, 0) is 11.3 Å². The third-order valence-electron chi connectivity index (χ3n) is 3.01. The van der Waals surface area contributed by atoms with E-state index in [2.05, 4.69) is 10.3 Å². The lowest BCUT2D eigenvalue weighted by molar-refractivity contribution is -0.140. The molecule has 0 spiro atoms. The molecule has 1 aliphatic heterocycles. The maximum absolute atomic E-state index is 12.0. The van der Waals surface area contributed by atoms with Gasteiger partial charge >= 0.3 is 0 Å². The van der Waals surface area contributed by atoms with Gasteiger partial charge < -0.3 is 15.3 Å². The first kappa shape index (κ1) is 12.0. The number of aromatic nitrogens is 1. The monoisotopic (exact) mass is 235 g/mol. The lowest BCUT2D eigenvalue weighted by Gasteiger charge is -2.37. The van der Waals surface area contributed by atoms with E-state index in [1.165, 1.54) is 0 Å². The lowest BCUT2D eigenvalue weighted by Crippen LogP contribution is -2.60. The molecule has 92 valence electrons. The Morgan fingerprint density at radius 3 is 3.06 bits per heavy atom. The van der Waals surface area contributed by atoms with Gasteiger partial charge in [0.25, 0.3) is 0 Å². The van der Waals surface area contributed by atoms with E-state index < -0.39 is 6.04 Å². The van der Waals surface area contributed by atoms with Crippen LogP contribution in [-0.4, -0.2) is 46.1 Å². The Kier molecular flexibility index (Phi) is 3.71. The minimum Gasteiger partial charge on any atom is -0.394 e. The van der Waals surface area contributed by atoms with Crippen molar-refractivity contribution in [1.29, 1.82) is 0 Å². The Morgan fingerprint density at radius 1 is 1.59 bits per heavy atom. The van der Waals surface area contributed by atoms with Gasteiger partial charge in [0.1, 0.15) is 6.04 Å². The van der Waals surface area contributed by atoms with Crippen LogP contribution in [0.25, 0.3) is 0 Å². The molecule has 1 fully saturated rings. The average Bonchev–Trinajstić information content (AvgIpc) is 2.36. The van der Waals surface area contributed by atoms with Crippen LogP contribution < -0.4 is 5.32 Å². The summed E-state index contributed by atoms with van der Waals surface area (Å²) in [7, 11) is 0. The first-order chi connectivity index (χ1) is 8.22. The minimum absolute atomic E-state index is 0.0584. The summed E-state index contributed by atoms with van der Waals surface area (Å²) < 4.78 is 0. The average molecular weight is 235 g/mol. The molecule has 1 aromatic heterocycles. The first-order valence-corrected chi connectivity index (χ1v) is 5.77. The van der Waals surface area contributed by atoms with Crippen molar-refractivity contribution >= 4 is 5.91 Å². The molecule has 5 heteroatoms. The van der Waals surface area contributed by atoms with Crippen molar-refractivity contribution in [1.82, 2.24) is 15.2 Å². The zero-order chi connectivity index (χ0) is 12.3. The highest BCUT2D eigenvalue weighted by molar-refractivity contribution is 5.83. The van der Waals surface area contributed by atoms with Crippen molar-refractivity contribution in [3.8, 4) is 0 Å². The molecule has 2 N–H and O–H groups in total. The number of nitrogens with one attached hydrogen (secondary N) is 1. The van der Waals surface area contributed by atoms with E-state index >= 15 is 0 Å². The highest BCUT2D eigenvalue weighted by Crippen LogP contribution is 2.12. The number of hydrogen-bond donors (Lipinski definition) is 2. The Morgan fingerprint density at radius 2 is 2.41 bits per heavy atom. The third kappa shape index (κ3) is 2.62. The van der Waals surface area contributed by atoms with Crippen molar-refractivity contribution in [3.63, 3.8) is 0 Å². The van der Waals surface area contributed by atoms with Gasteiger partial charge in [0.2, 0.25) is 5.91 Å². The fraction of sp³-hybridized carbons (Fsp3) is 0.500. The molecular weight excluding hydrogens is 218 g/mol. The summed E-state index contributed by atoms with van der Waals surface area (Å²) in [6, 6.07) is 5.30. The minimum atomic E-state index is -0.477. The molecule has 5 nitrogen and oxygen atoms in total. The molecule has 0 aliphatic carbocycles. The smallest absolute Gasteiger partial charge is 0.242 e. The summed E-state index contributed by atoms with van der Waals surface area (Å²) in [5.74, 6) is -0.0584. The highest BCUT2D eigenvalue weighted by Gasteiger charge is 2.32. The van der Waals surface area contributed by atoms with Gasteiger partial charge in [0.15, 0.2) is 0 Å². The fourth-order valence-corrected chi connectivity index (χ4v) is 1.97. The van der Waals surface area contributed by atoms with Crippen LogP contribution in [0.4, 0.5) is 0 Å². The fourth-order valence-electron chi connectivity index (χ4n) is 1.97. The van der Waals surface area contributed by atoms with Crippen LogP contribution >= 0.6 is 0 Å². The molecule has 1 amide bonds. The number of nitrogens with zero attached hydrogens (tertiary/aromatic N) is 2. The number of pyridine rings is 1. The summed E-state index contributed by atoms with van der Waals surface area (Å²) in [5, 5.41) is 12.1. The molecule has 2 atom stereocenters. The Hall–Kier alpha value is -1.46. The molecule has 0 aromatic carbocycles. The van der Waals surface area contributed by atoms with Crippen LogP contribution in [0.2, 0.25) is 0 Å². The van der Waals surface area contributed by atoms with Crippen molar-refractivity contribution < 1.29 is 9.90 Å². The second kappa shape index (κ2) is 5.25. The van der Waals surface area contributed by atoms with E-state index in [0.717, 1.165) is 5.69 Å². The summed E-state index contributed by atoms with van der Waals surface area (Å²) in [6.45, 7) is 3.02. The number of carbonyl (C=O) groups excluding carboxylic acids is 1.